The van der Waals surface area contributed by atoms with Crippen LogP contribution in [0.15, 0.2) is 72.8 Å². The Bertz CT molecular complexity index is 1280. The fraction of sp³-hybridized carbons (Fsp3) is 0.233. The fourth-order valence-corrected chi connectivity index (χ4v) is 3.77. The summed E-state index contributed by atoms with van der Waals surface area (Å²) in [6.07, 6.45) is 6.88. The third kappa shape index (κ3) is 8.35. The Morgan fingerprint density at radius 1 is 0.865 bits per heavy atom. The third-order valence-corrected chi connectivity index (χ3v) is 5.73. The van der Waals surface area contributed by atoms with E-state index < -0.39 is 11.9 Å². The van der Waals surface area contributed by atoms with E-state index in [0.717, 1.165) is 30.6 Å². The molecule has 7 nitrogen and oxygen atoms in total. The van der Waals surface area contributed by atoms with Crippen LogP contribution in [0.1, 0.15) is 63.1 Å². The van der Waals surface area contributed by atoms with Gasteiger partial charge in [-0.15, -0.1) is 0 Å². The van der Waals surface area contributed by atoms with Gasteiger partial charge in [0.05, 0.1) is 19.3 Å². The predicted molar refractivity (Wildman–Crippen MR) is 141 cm³/mol. The average Bonchev–Trinajstić information content (AvgIpc) is 2.91. The highest BCUT2D eigenvalue weighted by Crippen LogP contribution is 2.24. The Balaban J connectivity index is 1.60. The number of methoxy groups -OCH3 is 1. The van der Waals surface area contributed by atoms with Crippen molar-refractivity contribution in [2.24, 2.45) is 0 Å². The van der Waals surface area contributed by atoms with Crippen molar-refractivity contribution in [3.05, 3.63) is 101 Å². The second-order valence-corrected chi connectivity index (χ2v) is 8.45. The number of ether oxygens (including phenoxy) is 2. The zero-order valence-electron chi connectivity index (χ0n) is 20.7. The van der Waals surface area contributed by atoms with Gasteiger partial charge < -0.3 is 19.7 Å². The molecule has 3 aromatic carbocycles. The van der Waals surface area contributed by atoms with Crippen LogP contribution in [0.3, 0.4) is 0 Å². The van der Waals surface area contributed by atoms with Crippen LogP contribution >= 0.6 is 0 Å². The van der Waals surface area contributed by atoms with Crippen LogP contribution in [-0.4, -0.2) is 41.7 Å². The Labute approximate surface area is 216 Å². The smallest absolute Gasteiger partial charge is 0.335 e. The number of carbonyl (C=O) groups excluding carboxylic acids is 1. The number of rotatable bonds is 14. The molecule has 7 heteroatoms. The number of aromatic carboxylic acids is 1. The molecule has 0 fully saturated rings. The van der Waals surface area contributed by atoms with E-state index in [2.05, 4.69) is 12.2 Å². The molecule has 0 aliphatic carbocycles. The zero-order chi connectivity index (χ0) is 26.6. The number of carboxylic acids is 2. The van der Waals surface area contributed by atoms with E-state index in [1.54, 1.807) is 31.4 Å². The molecule has 0 radical (unpaired) electrons. The van der Waals surface area contributed by atoms with Crippen LogP contribution in [0.2, 0.25) is 0 Å². The number of allylic oxidation sites excluding steroid dienone is 1. The highest BCUT2D eigenvalue weighted by molar-refractivity contribution is 6.10. The maximum absolute atomic E-state index is 13.0. The number of aliphatic carboxylic acids is 1. The van der Waals surface area contributed by atoms with Gasteiger partial charge in [-0.2, -0.15) is 0 Å². The first-order valence-corrected chi connectivity index (χ1v) is 12.0. The molecule has 0 bridgehead atoms. The summed E-state index contributed by atoms with van der Waals surface area (Å²) in [5, 5.41) is 18.3. The van der Waals surface area contributed by atoms with Crippen LogP contribution in [0.5, 0.6) is 11.5 Å². The number of carbonyl (C=O) groups is 3. The average molecular weight is 503 g/mol. The molecule has 3 aromatic rings. The third-order valence-electron chi connectivity index (χ3n) is 5.73. The maximum atomic E-state index is 13.0. The molecule has 0 amide bonds. The van der Waals surface area contributed by atoms with Crippen molar-refractivity contribution in [3.8, 4) is 11.5 Å². The summed E-state index contributed by atoms with van der Waals surface area (Å²) in [4.78, 5) is 35.3. The Kier molecular flexibility index (Phi) is 10.0. The number of carboxylic acid groups (broad SMARTS) is 2. The van der Waals surface area contributed by atoms with Gasteiger partial charge in [0.25, 0.3) is 0 Å². The van der Waals surface area contributed by atoms with Crippen molar-refractivity contribution in [1.29, 1.82) is 0 Å². The van der Waals surface area contributed by atoms with E-state index in [0.29, 0.717) is 23.5 Å². The SMILES string of the molecule is COc1cccc(/C=C/CCCCOc2ccc(C(=O)c3cccc(C(=O)O)c3)cc2CCC(=O)O)c1. The van der Waals surface area contributed by atoms with Gasteiger partial charge in [0.15, 0.2) is 5.78 Å². The Hall–Kier alpha value is -4.39. The minimum absolute atomic E-state index is 0.0234. The number of ketones is 1. The van der Waals surface area contributed by atoms with Crippen LogP contribution in [0.25, 0.3) is 6.08 Å². The summed E-state index contributed by atoms with van der Waals surface area (Å²) in [5.74, 6) is -1.04. The fourth-order valence-electron chi connectivity index (χ4n) is 3.77. The molecule has 0 aliphatic rings. The normalized spacial score (nSPS) is 10.8. The molecule has 0 spiro atoms. The Morgan fingerprint density at radius 3 is 2.38 bits per heavy atom. The molecule has 0 saturated carbocycles. The standard InChI is InChI=1S/C30H30O7/c1-36-26-12-6-9-21(18-26)8-4-2-3-5-17-37-27-15-13-24(19-22(27)14-16-28(31)32)29(33)23-10-7-11-25(20-23)30(34)35/h4,6-13,15,18-20H,2-3,5,14,16-17H2,1H3,(H,31,32)(H,34,35)/b8-4+. The molecule has 0 saturated heterocycles. The second kappa shape index (κ2) is 13.6. The van der Waals surface area contributed by atoms with Gasteiger partial charge in [-0.3, -0.25) is 9.59 Å². The van der Waals surface area contributed by atoms with Crippen molar-refractivity contribution in [2.45, 2.75) is 32.1 Å². The van der Waals surface area contributed by atoms with E-state index in [1.165, 1.54) is 18.2 Å². The quantitative estimate of drug-likeness (QED) is 0.208. The van der Waals surface area contributed by atoms with Crippen molar-refractivity contribution in [2.75, 3.05) is 13.7 Å². The van der Waals surface area contributed by atoms with Crippen LogP contribution in [0, 0.1) is 0 Å². The molecule has 192 valence electrons. The van der Waals surface area contributed by atoms with Crippen molar-refractivity contribution in [1.82, 2.24) is 0 Å². The van der Waals surface area contributed by atoms with Crippen LogP contribution in [-0.2, 0) is 11.2 Å². The summed E-state index contributed by atoms with van der Waals surface area (Å²) >= 11 is 0. The monoisotopic (exact) mass is 502 g/mol. The van der Waals surface area contributed by atoms with E-state index in [9.17, 15) is 19.5 Å². The topological polar surface area (TPSA) is 110 Å². The molecule has 0 atom stereocenters. The second-order valence-electron chi connectivity index (χ2n) is 8.45. The van der Waals surface area contributed by atoms with Crippen LogP contribution < -0.4 is 9.47 Å². The maximum Gasteiger partial charge on any atom is 0.335 e. The number of aryl methyl sites for hydroxylation is 1. The van der Waals surface area contributed by atoms with Gasteiger partial charge in [-0.1, -0.05) is 36.4 Å². The molecule has 3 rings (SSSR count). The van der Waals surface area contributed by atoms with Gasteiger partial charge in [-0.05, 0) is 79.3 Å². The van der Waals surface area contributed by atoms with Crippen molar-refractivity contribution < 1.29 is 34.1 Å². The first-order valence-electron chi connectivity index (χ1n) is 12.0. The van der Waals surface area contributed by atoms with E-state index in [1.807, 2.05) is 24.3 Å². The molecule has 0 aromatic heterocycles. The zero-order valence-corrected chi connectivity index (χ0v) is 20.7. The first kappa shape index (κ1) is 27.2. The molecule has 2 N–H and O–H groups in total. The van der Waals surface area contributed by atoms with Gasteiger partial charge >= 0.3 is 11.9 Å². The molecule has 0 aliphatic heterocycles. The highest BCUT2D eigenvalue weighted by atomic mass is 16.5. The van der Waals surface area contributed by atoms with Gasteiger partial charge in [0.2, 0.25) is 0 Å². The molecule has 37 heavy (non-hydrogen) atoms. The summed E-state index contributed by atoms with van der Waals surface area (Å²) in [7, 11) is 1.64. The highest BCUT2D eigenvalue weighted by Gasteiger charge is 2.15. The summed E-state index contributed by atoms with van der Waals surface area (Å²) < 4.78 is 11.2. The summed E-state index contributed by atoms with van der Waals surface area (Å²) in [6, 6.07) is 18.6. The van der Waals surface area contributed by atoms with Gasteiger partial charge in [0, 0.05) is 17.5 Å². The summed E-state index contributed by atoms with van der Waals surface area (Å²) in [6.45, 7) is 0.459. The lowest BCUT2D eigenvalue weighted by molar-refractivity contribution is -0.136. The van der Waals surface area contributed by atoms with Gasteiger partial charge in [-0.25, -0.2) is 4.79 Å². The lowest BCUT2D eigenvalue weighted by atomic mass is 9.98. The largest absolute Gasteiger partial charge is 0.497 e. The molecular formula is C30H30O7. The van der Waals surface area contributed by atoms with E-state index in [-0.39, 0.29) is 29.8 Å². The minimum atomic E-state index is -1.11. The molecular weight excluding hydrogens is 472 g/mol. The minimum Gasteiger partial charge on any atom is -0.497 e. The van der Waals surface area contributed by atoms with Gasteiger partial charge in [0.1, 0.15) is 11.5 Å². The van der Waals surface area contributed by atoms with Crippen LogP contribution in [0.4, 0.5) is 0 Å². The number of benzene rings is 3. The first-order chi connectivity index (χ1) is 17.9. The molecule has 0 heterocycles. The number of unbranched alkanes of at least 4 members (excludes halogenated alkanes) is 2. The Morgan fingerprint density at radius 2 is 1.62 bits per heavy atom. The number of hydrogen-bond donors (Lipinski definition) is 2. The van der Waals surface area contributed by atoms with Crippen molar-refractivity contribution in [3.63, 3.8) is 0 Å². The molecule has 0 unspecified atom stereocenters. The number of hydrogen-bond acceptors (Lipinski definition) is 5. The lowest BCUT2D eigenvalue weighted by Crippen LogP contribution is -2.07. The van der Waals surface area contributed by atoms with Crippen molar-refractivity contribution >= 4 is 23.8 Å². The predicted octanol–water partition coefficient (Wildman–Crippen LogP) is 5.90. The summed E-state index contributed by atoms with van der Waals surface area (Å²) in [5.41, 5.74) is 2.32. The van der Waals surface area contributed by atoms with E-state index >= 15 is 0 Å². The van der Waals surface area contributed by atoms with E-state index in [4.69, 9.17) is 14.6 Å². The lowest BCUT2D eigenvalue weighted by Gasteiger charge is -2.13.